The van der Waals surface area contributed by atoms with Crippen molar-refractivity contribution in [3.63, 3.8) is 0 Å². The Labute approximate surface area is 125 Å². The van der Waals surface area contributed by atoms with Crippen LogP contribution < -0.4 is 10.1 Å². The summed E-state index contributed by atoms with van der Waals surface area (Å²) in [6.45, 7) is 2.85. The second-order valence-corrected chi connectivity index (χ2v) is 6.08. The molecular weight excluding hydrogens is 326 g/mol. The molecule has 1 atom stereocenters. The topological polar surface area (TPSA) is 41.5 Å². The van der Waals surface area contributed by atoms with Crippen LogP contribution in [0.1, 0.15) is 23.4 Å². The lowest BCUT2D eigenvalue weighted by atomic mass is 10.2. The number of aromatic hydroxyl groups is 1. The van der Waals surface area contributed by atoms with Crippen LogP contribution in [-0.4, -0.2) is 12.2 Å². The molecule has 0 radical (unpaired) electrons. The number of halogens is 1. The fraction of sp³-hybridized carbons (Fsp3) is 0.286. The van der Waals surface area contributed by atoms with Gasteiger partial charge in [-0.25, -0.2) is 0 Å². The molecule has 5 heteroatoms. The van der Waals surface area contributed by atoms with Crippen molar-refractivity contribution < 1.29 is 9.84 Å². The van der Waals surface area contributed by atoms with E-state index in [-0.39, 0.29) is 5.75 Å². The molecule has 0 aliphatic heterocycles. The maximum Gasteiger partial charge on any atom is 0.172 e. The first-order valence-corrected chi connectivity index (χ1v) is 7.61. The molecule has 19 heavy (non-hydrogen) atoms. The number of nitrogens with one attached hydrogen (secondary N) is 1. The zero-order chi connectivity index (χ0) is 13.8. The molecule has 0 saturated carbocycles. The maximum atomic E-state index is 9.76. The molecule has 0 amide bonds. The molecule has 2 aromatic rings. The average molecular weight is 342 g/mol. The highest BCUT2D eigenvalue weighted by molar-refractivity contribution is 9.10. The Balaban J connectivity index is 2.05. The number of thiophene rings is 1. The summed E-state index contributed by atoms with van der Waals surface area (Å²) >= 11 is 5.07. The van der Waals surface area contributed by atoms with Gasteiger partial charge in [0.2, 0.25) is 0 Å². The van der Waals surface area contributed by atoms with Crippen molar-refractivity contribution in [1.29, 1.82) is 0 Å². The Bertz CT molecular complexity index is 543. The van der Waals surface area contributed by atoms with Gasteiger partial charge in [-0.15, -0.1) is 11.3 Å². The van der Waals surface area contributed by atoms with Crippen molar-refractivity contribution >= 4 is 27.3 Å². The van der Waals surface area contributed by atoms with Gasteiger partial charge in [-0.05, 0) is 52.0 Å². The van der Waals surface area contributed by atoms with Crippen molar-refractivity contribution in [3.05, 3.63) is 44.6 Å². The highest BCUT2D eigenvalue weighted by Crippen LogP contribution is 2.35. The van der Waals surface area contributed by atoms with E-state index in [4.69, 9.17) is 4.74 Å². The predicted molar refractivity (Wildman–Crippen MR) is 81.9 cm³/mol. The lowest BCUT2D eigenvalue weighted by Crippen LogP contribution is -2.17. The number of hydrogen-bond donors (Lipinski definition) is 2. The van der Waals surface area contributed by atoms with Crippen molar-refractivity contribution in [2.24, 2.45) is 0 Å². The number of hydrogen-bond acceptors (Lipinski definition) is 4. The van der Waals surface area contributed by atoms with Crippen LogP contribution in [0.3, 0.4) is 0 Å². The van der Waals surface area contributed by atoms with Crippen molar-refractivity contribution in [1.82, 2.24) is 5.32 Å². The van der Waals surface area contributed by atoms with Gasteiger partial charge in [0.05, 0.1) is 11.6 Å². The molecule has 0 fully saturated rings. The van der Waals surface area contributed by atoms with Gasteiger partial charge < -0.3 is 15.2 Å². The number of benzene rings is 1. The second kappa shape index (κ2) is 6.41. The van der Waals surface area contributed by atoms with Crippen LogP contribution in [-0.2, 0) is 6.54 Å². The lowest BCUT2D eigenvalue weighted by Gasteiger charge is -2.14. The average Bonchev–Trinajstić information content (AvgIpc) is 2.93. The predicted octanol–water partition coefficient (Wildman–Crippen LogP) is 4.08. The van der Waals surface area contributed by atoms with E-state index in [2.05, 4.69) is 45.7 Å². The normalized spacial score (nSPS) is 12.4. The summed E-state index contributed by atoms with van der Waals surface area (Å²) in [4.78, 5) is 1.31. The number of rotatable bonds is 5. The van der Waals surface area contributed by atoms with Crippen LogP contribution >= 0.6 is 27.3 Å². The number of methoxy groups -OCH3 is 1. The van der Waals surface area contributed by atoms with Gasteiger partial charge in [0.25, 0.3) is 0 Å². The fourth-order valence-electron chi connectivity index (χ4n) is 1.79. The van der Waals surface area contributed by atoms with E-state index in [1.807, 2.05) is 12.1 Å². The smallest absolute Gasteiger partial charge is 0.172 e. The quantitative estimate of drug-likeness (QED) is 0.860. The van der Waals surface area contributed by atoms with Crippen LogP contribution in [0.15, 0.2) is 34.1 Å². The lowest BCUT2D eigenvalue weighted by molar-refractivity contribution is 0.371. The minimum Gasteiger partial charge on any atom is -0.503 e. The third-order valence-electron chi connectivity index (χ3n) is 2.89. The molecule has 0 saturated heterocycles. The third-order valence-corrected chi connectivity index (χ3v) is 4.55. The molecule has 2 N–H and O–H groups in total. The van der Waals surface area contributed by atoms with Crippen LogP contribution in [0.5, 0.6) is 11.5 Å². The summed E-state index contributed by atoms with van der Waals surface area (Å²) in [6, 6.07) is 8.22. The summed E-state index contributed by atoms with van der Waals surface area (Å²) in [5.74, 6) is 0.618. The van der Waals surface area contributed by atoms with Crippen molar-refractivity contribution in [3.8, 4) is 11.5 Å². The SMILES string of the molecule is COc1cc(CN[C@H](C)c2cccs2)cc(Br)c1O. The van der Waals surface area contributed by atoms with Crippen LogP contribution in [0.4, 0.5) is 0 Å². The highest BCUT2D eigenvalue weighted by atomic mass is 79.9. The Morgan fingerprint density at radius 3 is 2.89 bits per heavy atom. The summed E-state index contributed by atoms with van der Waals surface area (Å²) in [5, 5.41) is 15.3. The first-order chi connectivity index (χ1) is 9.11. The number of ether oxygens (including phenoxy) is 1. The van der Waals surface area contributed by atoms with E-state index in [1.54, 1.807) is 18.4 Å². The van der Waals surface area contributed by atoms with E-state index in [0.29, 0.717) is 22.8 Å². The van der Waals surface area contributed by atoms with E-state index < -0.39 is 0 Å². The summed E-state index contributed by atoms with van der Waals surface area (Å²) in [6.07, 6.45) is 0. The van der Waals surface area contributed by atoms with Gasteiger partial charge in [-0.3, -0.25) is 0 Å². The van der Waals surface area contributed by atoms with E-state index in [1.165, 1.54) is 4.88 Å². The van der Waals surface area contributed by atoms with Gasteiger partial charge >= 0.3 is 0 Å². The summed E-state index contributed by atoms with van der Waals surface area (Å²) in [5.41, 5.74) is 1.06. The minimum absolute atomic E-state index is 0.137. The Kier molecular flexibility index (Phi) is 4.85. The zero-order valence-corrected chi connectivity index (χ0v) is 13.2. The molecule has 3 nitrogen and oxygen atoms in total. The molecule has 1 aromatic carbocycles. The van der Waals surface area contributed by atoms with E-state index >= 15 is 0 Å². The standard InChI is InChI=1S/C14H16BrNO2S/c1-9(13-4-3-5-19-13)16-8-10-6-11(15)14(17)12(7-10)18-2/h3-7,9,16-17H,8H2,1-2H3/t9-/m1/s1. The first kappa shape index (κ1) is 14.4. The Morgan fingerprint density at radius 2 is 2.26 bits per heavy atom. The Hall–Kier alpha value is -1.04. The number of phenolic OH excluding ortho intramolecular Hbond substituents is 1. The zero-order valence-electron chi connectivity index (χ0n) is 10.8. The van der Waals surface area contributed by atoms with Gasteiger partial charge in [0.15, 0.2) is 11.5 Å². The van der Waals surface area contributed by atoms with E-state index in [0.717, 1.165) is 5.56 Å². The van der Waals surface area contributed by atoms with Crippen molar-refractivity contribution in [2.75, 3.05) is 7.11 Å². The van der Waals surface area contributed by atoms with Gasteiger partial charge in [0, 0.05) is 17.5 Å². The molecule has 0 bridgehead atoms. The van der Waals surface area contributed by atoms with Crippen LogP contribution in [0.25, 0.3) is 0 Å². The van der Waals surface area contributed by atoms with Crippen molar-refractivity contribution in [2.45, 2.75) is 19.5 Å². The molecule has 1 heterocycles. The molecule has 1 aromatic heterocycles. The van der Waals surface area contributed by atoms with Gasteiger partial charge in [0.1, 0.15) is 0 Å². The largest absolute Gasteiger partial charge is 0.503 e. The minimum atomic E-state index is 0.137. The Morgan fingerprint density at radius 1 is 1.47 bits per heavy atom. The number of phenols is 1. The third kappa shape index (κ3) is 3.49. The first-order valence-electron chi connectivity index (χ1n) is 5.94. The second-order valence-electron chi connectivity index (χ2n) is 4.25. The van der Waals surface area contributed by atoms with Gasteiger partial charge in [-0.1, -0.05) is 6.07 Å². The van der Waals surface area contributed by atoms with Gasteiger partial charge in [-0.2, -0.15) is 0 Å². The molecule has 0 unspecified atom stereocenters. The van der Waals surface area contributed by atoms with E-state index in [9.17, 15) is 5.11 Å². The fourth-order valence-corrected chi connectivity index (χ4v) is 3.04. The monoisotopic (exact) mass is 341 g/mol. The molecule has 0 aliphatic rings. The molecule has 0 spiro atoms. The highest BCUT2D eigenvalue weighted by Gasteiger charge is 2.10. The molecule has 2 rings (SSSR count). The van der Waals surface area contributed by atoms with Crippen LogP contribution in [0, 0.1) is 0 Å². The summed E-state index contributed by atoms with van der Waals surface area (Å²) < 4.78 is 5.79. The molecule has 102 valence electrons. The molecular formula is C14H16BrNO2S. The maximum absolute atomic E-state index is 9.76. The molecule has 0 aliphatic carbocycles. The van der Waals surface area contributed by atoms with Crippen LogP contribution in [0.2, 0.25) is 0 Å². The summed E-state index contributed by atoms with van der Waals surface area (Å²) in [7, 11) is 1.55.